The molecular formula is C17H36O7. The molecule has 0 saturated carbocycles. The van der Waals surface area contributed by atoms with E-state index in [2.05, 4.69) is 0 Å². The van der Waals surface area contributed by atoms with Crippen LogP contribution >= 0.6 is 0 Å². The largest absolute Gasteiger partial charge is 0.481 e. The first kappa shape index (κ1) is 30.3. The molecule has 0 heterocycles. The molecule has 0 aliphatic carbocycles. The van der Waals surface area contributed by atoms with Gasteiger partial charge in [0.25, 0.3) is 0 Å². The summed E-state index contributed by atoms with van der Waals surface area (Å²) in [5.41, 5.74) is 0. The molecule has 0 aliphatic heterocycles. The molecule has 0 atom stereocenters. The lowest BCUT2D eigenvalue weighted by Gasteiger charge is -1.97. The number of carboxylic acid groups (broad SMARTS) is 2. The highest BCUT2D eigenvalue weighted by atomic mass is 16.5. The number of esters is 1. The fourth-order valence-corrected chi connectivity index (χ4v) is 0.746. The molecule has 0 amide bonds. The van der Waals surface area contributed by atoms with Gasteiger partial charge in [0.15, 0.2) is 0 Å². The van der Waals surface area contributed by atoms with Gasteiger partial charge in [0, 0.05) is 25.9 Å². The van der Waals surface area contributed by atoms with E-state index in [-0.39, 0.29) is 5.97 Å². The van der Waals surface area contributed by atoms with Crippen LogP contribution in [0.3, 0.4) is 0 Å². The van der Waals surface area contributed by atoms with Gasteiger partial charge in [-0.2, -0.15) is 0 Å². The number of aliphatic hydroxyl groups is 1. The highest BCUT2D eigenvalue weighted by molar-refractivity contribution is 5.68. The minimum atomic E-state index is -0.711. The molecule has 0 aromatic heterocycles. The first-order chi connectivity index (χ1) is 11.3. The highest BCUT2D eigenvalue weighted by Crippen LogP contribution is 1.85. The van der Waals surface area contributed by atoms with Crippen LogP contribution in [0.4, 0.5) is 0 Å². The number of aliphatic carboxylic acids is 2. The van der Waals surface area contributed by atoms with Crippen molar-refractivity contribution in [3.8, 4) is 0 Å². The van der Waals surface area contributed by atoms with E-state index in [4.69, 9.17) is 20.1 Å². The smallest absolute Gasteiger partial charge is 0.305 e. The quantitative estimate of drug-likeness (QED) is 0.572. The Morgan fingerprint density at radius 1 is 0.750 bits per heavy atom. The average molecular weight is 352 g/mol. The van der Waals surface area contributed by atoms with E-state index in [1.54, 1.807) is 6.92 Å². The molecule has 24 heavy (non-hydrogen) atoms. The summed E-state index contributed by atoms with van der Waals surface area (Å²) in [7, 11) is 0. The second-order valence-electron chi connectivity index (χ2n) is 4.59. The molecule has 0 bridgehead atoms. The van der Waals surface area contributed by atoms with Gasteiger partial charge in [-0.15, -0.1) is 0 Å². The van der Waals surface area contributed by atoms with E-state index in [0.29, 0.717) is 32.5 Å². The van der Waals surface area contributed by atoms with Crippen LogP contribution < -0.4 is 0 Å². The van der Waals surface area contributed by atoms with Crippen molar-refractivity contribution in [1.29, 1.82) is 0 Å². The van der Waals surface area contributed by atoms with E-state index in [1.807, 2.05) is 27.7 Å². The van der Waals surface area contributed by atoms with E-state index >= 15 is 0 Å². The SMILES string of the molecule is CCCC(=O)O.CCCC(=O)O.CCCO.CCCOC(=O)CC. The Balaban J connectivity index is -0.000000114. The van der Waals surface area contributed by atoms with Crippen molar-refractivity contribution in [2.45, 2.75) is 79.6 Å². The monoisotopic (exact) mass is 352 g/mol. The van der Waals surface area contributed by atoms with Gasteiger partial charge in [0.1, 0.15) is 0 Å². The number of carboxylic acids is 2. The molecule has 7 nitrogen and oxygen atoms in total. The molecular weight excluding hydrogens is 316 g/mol. The number of carbonyl (C=O) groups excluding carboxylic acids is 1. The van der Waals surface area contributed by atoms with Crippen LogP contribution in [0.5, 0.6) is 0 Å². The van der Waals surface area contributed by atoms with Gasteiger partial charge >= 0.3 is 17.9 Å². The first-order valence-corrected chi connectivity index (χ1v) is 8.46. The number of hydrogen-bond acceptors (Lipinski definition) is 5. The molecule has 0 aromatic rings. The van der Waals surface area contributed by atoms with Crippen molar-refractivity contribution in [3.63, 3.8) is 0 Å². The van der Waals surface area contributed by atoms with Crippen LogP contribution in [-0.4, -0.2) is 46.4 Å². The summed E-state index contributed by atoms with van der Waals surface area (Å²) in [5, 5.41) is 23.7. The normalized spacial score (nSPS) is 8.25. The van der Waals surface area contributed by atoms with Gasteiger partial charge in [-0.25, -0.2) is 0 Å². The van der Waals surface area contributed by atoms with Gasteiger partial charge in [-0.3, -0.25) is 14.4 Å². The predicted molar refractivity (Wildman–Crippen MR) is 94.0 cm³/mol. The Morgan fingerprint density at radius 2 is 1.12 bits per heavy atom. The maximum Gasteiger partial charge on any atom is 0.305 e. The van der Waals surface area contributed by atoms with Gasteiger partial charge in [-0.05, 0) is 25.7 Å². The van der Waals surface area contributed by atoms with Crippen molar-refractivity contribution in [1.82, 2.24) is 0 Å². The summed E-state index contributed by atoms with van der Waals surface area (Å²) in [5.74, 6) is -1.53. The number of ether oxygens (including phenoxy) is 1. The van der Waals surface area contributed by atoms with Crippen LogP contribution in [0, 0.1) is 0 Å². The average Bonchev–Trinajstić information content (AvgIpc) is 2.53. The van der Waals surface area contributed by atoms with Gasteiger partial charge in [-0.1, -0.05) is 34.6 Å². The molecule has 0 radical (unpaired) electrons. The molecule has 146 valence electrons. The van der Waals surface area contributed by atoms with Gasteiger partial charge in [0.2, 0.25) is 0 Å². The first-order valence-electron chi connectivity index (χ1n) is 8.46. The van der Waals surface area contributed by atoms with E-state index in [0.717, 1.165) is 25.7 Å². The fraction of sp³-hybridized carbons (Fsp3) is 0.824. The van der Waals surface area contributed by atoms with E-state index in [9.17, 15) is 14.4 Å². The molecule has 0 fully saturated rings. The zero-order chi connectivity index (χ0) is 19.8. The van der Waals surface area contributed by atoms with Crippen molar-refractivity contribution in [2.75, 3.05) is 13.2 Å². The van der Waals surface area contributed by atoms with Crippen molar-refractivity contribution < 1.29 is 34.4 Å². The number of hydrogen-bond donors (Lipinski definition) is 3. The van der Waals surface area contributed by atoms with Crippen molar-refractivity contribution >= 4 is 17.9 Å². The summed E-state index contributed by atoms with van der Waals surface area (Å²) in [4.78, 5) is 29.5. The third-order valence-electron chi connectivity index (χ3n) is 1.91. The summed E-state index contributed by atoms with van der Waals surface area (Å²) in [6, 6.07) is 0. The highest BCUT2D eigenvalue weighted by Gasteiger charge is 1.93. The predicted octanol–water partition coefficient (Wildman–Crippen LogP) is 3.48. The lowest BCUT2D eigenvalue weighted by molar-refractivity contribution is -0.143. The topological polar surface area (TPSA) is 121 Å². The summed E-state index contributed by atoms with van der Waals surface area (Å²) >= 11 is 0. The van der Waals surface area contributed by atoms with Crippen LogP contribution in [0.1, 0.15) is 79.6 Å². The summed E-state index contributed by atoms with van der Waals surface area (Å²) < 4.78 is 4.70. The molecule has 0 aromatic carbocycles. The van der Waals surface area contributed by atoms with E-state index < -0.39 is 11.9 Å². The second-order valence-corrected chi connectivity index (χ2v) is 4.59. The van der Waals surface area contributed by atoms with Crippen LogP contribution in [-0.2, 0) is 19.1 Å². The fourth-order valence-electron chi connectivity index (χ4n) is 0.746. The van der Waals surface area contributed by atoms with E-state index in [1.165, 1.54) is 0 Å². The van der Waals surface area contributed by atoms with Crippen LogP contribution in [0.2, 0.25) is 0 Å². The molecule has 0 spiro atoms. The minimum absolute atomic E-state index is 0.105. The molecule has 0 unspecified atom stereocenters. The molecule has 0 aliphatic rings. The Bertz CT molecular complexity index is 260. The standard InChI is InChI=1S/C6H12O2.2C4H8O2.C3H8O/c1-3-5-8-6(7)4-2;2*1-2-3-4(5)6;1-2-3-4/h3-5H2,1-2H3;2*2-3H2,1H3,(H,5,6);4H,2-3H2,1H3. The molecule has 3 N–H and O–H groups in total. The maximum absolute atomic E-state index is 10.3. The molecule has 7 heteroatoms. The lowest BCUT2D eigenvalue weighted by Crippen LogP contribution is -2.02. The second kappa shape index (κ2) is 29.4. The Kier molecular flexibility index (Phi) is 37.1. The minimum Gasteiger partial charge on any atom is -0.481 e. The van der Waals surface area contributed by atoms with Crippen LogP contribution in [0.15, 0.2) is 0 Å². The third-order valence-corrected chi connectivity index (χ3v) is 1.91. The number of aliphatic hydroxyl groups excluding tert-OH is 1. The summed E-state index contributed by atoms with van der Waals surface area (Å²) in [6.07, 6.45) is 4.32. The lowest BCUT2D eigenvalue weighted by atomic mass is 10.4. The zero-order valence-electron chi connectivity index (χ0n) is 15.8. The van der Waals surface area contributed by atoms with Gasteiger partial charge < -0.3 is 20.1 Å². The number of carbonyl (C=O) groups is 3. The maximum atomic E-state index is 10.3. The number of rotatable bonds is 8. The molecule has 0 rings (SSSR count). The Morgan fingerprint density at radius 3 is 1.25 bits per heavy atom. The Hall–Kier alpha value is -1.63. The third kappa shape index (κ3) is 59.1. The Labute approximate surface area is 146 Å². The van der Waals surface area contributed by atoms with Gasteiger partial charge in [0.05, 0.1) is 6.61 Å². The van der Waals surface area contributed by atoms with Crippen molar-refractivity contribution in [3.05, 3.63) is 0 Å². The van der Waals surface area contributed by atoms with Crippen molar-refractivity contribution in [2.24, 2.45) is 0 Å². The molecule has 0 saturated heterocycles. The van der Waals surface area contributed by atoms with Crippen LogP contribution in [0.25, 0.3) is 0 Å². The zero-order valence-corrected chi connectivity index (χ0v) is 15.8. The summed E-state index contributed by atoms with van der Waals surface area (Å²) in [6.45, 7) is 10.3.